The molecule has 0 unspecified atom stereocenters. The number of nitrogens with one attached hydrogen (secondary N) is 1. The third kappa shape index (κ3) is 5.64. The second-order valence-electron chi connectivity index (χ2n) is 5.17. The molecule has 6 heteroatoms. The third-order valence-corrected chi connectivity index (χ3v) is 2.66. The highest BCUT2D eigenvalue weighted by atomic mass is 19.1. The predicted molar refractivity (Wildman–Crippen MR) is 76.5 cm³/mol. The zero-order valence-electron chi connectivity index (χ0n) is 12.1. The van der Waals surface area contributed by atoms with Gasteiger partial charge in [0.2, 0.25) is 5.91 Å². The molecule has 2 N–H and O–H groups in total. The standard InChI is InChI=1S/C15H18FNO4/c1-15(2,9-14(19)20)17-13(18)7-5-10-4-6-12(21-3)11(16)8-10/h4-8H,9H2,1-3H3,(H,17,18)(H,19,20). The number of halogens is 1. The summed E-state index contributed by atoms with van der Waals surface area (Å²) < 4.78 is 18.3. The summed E-state index contributed by atoms with van der Waals surface area (Å²) in [6.45, 7) is 3.22. The maximum absolute atomic E-state index is 13.5. The average Bonchev–Trinajstić information content (AvgIpc) is 2.34. The SMILES string of the molecule is COc1ccc(C=CC(=O)NC(C)(C)CC(=O)O)cc1F. The Bertz CT molecular complexity index is 567. The summed E-state index contributed by atoms with van der Waals surface area (Å²) in [5, 5.41) is 11.3. The van der Waals surface area contributed by atoms with Gasteiger partial charge in [0.05, 0.1) is 13.5 Å². The Morgan fingerprint density at radius 3 is 2.62 bits per heavy atom. The van der Waals surface area contributed by atoms with Crippen LogP contribution in [0.5, 0.6) is 5.75 Å². The van der Waals surface area contributed by atoms with Crippen LogP contribution in [0.1, 0.15) is 25.8 Å². The highest BCUT2D eigenvalue weighted by Crippen LogP contribution is 2.18. The largest absolute Gasteiger partial charge is 0.494 e. The number of hydrogen-bond donors (Lipinski definition) is 2. The molecule has 0 bridgehead atoms. The molecular weight excluding hydrogens is 277 g/mol. The van der Waals surface area contributed by atoms with E-state index in [-0.39, 0.29) is 12.2 Å². The van der Waals surface area contributed by atoms with E-state index in [9.17, 15) is 14.0 Å². The van der Waals surface area contributed by atoms with Crippen LogP contribution in [0.25, 0.3) is 6.08 Å². The number of amides is 1. The molecular formula is C15H18FNO4. The van der Waals surface area contributed by atoms with E-state index in [1.807, 2.05) is 0 Å². The summed E-state index contributed by atoms with van der Waals surface area (Å²) in [5.41, 5.74) is -0.363. The number of ether oxygens (including phenoxy) is 1. The topological polar surface area (TPSA) is 75.6 Å². The van der Waals surface area contributed by atoms with Gasteiger partial charge < -0.3 is 15.2 Å². The lowest BCUT2D eigenvalue weighted by Crippen LogP contribution is -2.44. The molecule has 0 radical (unpaired) electrons. The lowest BCUT2D eigenvalue weighted by atomic mass is 10.0. The number of methoxy groups -OCH3 is 1. The first-order valence-electron chi connectivity index (χ1n) is 6.29. The molecule has 114 valence electrons. The Labute approximate surface area is 122 Å². The second-order valence-corrected chi connectivity index (χ2v) is 5.17. The van der Waals surface area contributed by atoms with Gasteiger partial charge in [-0.15, -0.1) is 0 Å². The van der Waals surface area contributed by atoms with Crippen molar-refractivity contribution in [1.82, 2.24) is 5.32 Å². The molecule has 0 aromatic heterocycles. The monoisotopic (exact) mass is 295 g/mol. The summed E-state index contributed by atoms with van der Waals surface area (Å²) in [7, 11) is 1.37. The number of hydrogen-bond acceptors (Lipinski definition) is 3. The fourth-order valence-electron chi connectivity index (χ4n) is 1.76. The van der Waals surface area contributed by atoms with Crippen LogP contribution >= 0.6 is 0 Å². The molecule has 0 saturated carbocycles. The number of carboxylic acid groups (broad SMARTS) is 1. The zero-order valence-corrected chi connectivity index (χ0v) is 12.1. The number of carbonyl (C=O) groups excluding carboxylic acids is 1. The summed E-state index contributed by atoms with van der Waals surface area (Å²) in [6, 6.07) is 4.31. The second kappa shape index (κ2) is 6.88. The lowest BCUT2D eigenvalue weighted by Gasteiger charge is -2.23. The van der Waals surface area contributed by atoms with Crippen molar-refractivity contribution in [3.8, 4) is 5.75 Å². The number of benzene rings is 1. The molecule has 1 aromatic rings. The molecule has 1 amide bonds. The summed E-state index contributed by atoms with van der Waals surface area (Å²) in [6.07, 6.45) is 2.48. The highest BCUT2D eigenvalue weighted by molar-refractivity contribution is 5.92. The maximum Gasteiger partial charge on any atom is 0.305 e. The Balaban J connectivity index is 2.70. The molecule has 0 atom stereocenters. The van der Waals surface area contributed by atoms with Crippen molar-refractivity contribution in [3.05, 3.63) is 35.7 Å². The van der Waals surface area contributed by atoms with Gasteiger partial charge in [-0.25, -0.2) is 4.39 Å². The van der Waals surface area contributed by atoms with E-state index >= 15 is 0 Å². The van der Waals surface area contributed by atoms with E-state index in [0.29, 0.717) is 5.56 Å². The van der Waals surface area contributed by atoms with Crippen LogP contribution in [-0.2, 0) is 9.59 Å². The van der Waals surface area contributed by atoms with Crippen LogP contribution in [0.4, 0.5) is 4.39 Å². The summed E-state index contributed by atoms with van der Waals surface area (Å²) >= 11 is 0. The molecule has 1 aromatic carbocycles. The minimum Gasteiger partial charge on any atom is -0.494 e. The van der Waals surface area contributed by atoms with Gasteiger partial charge in [-0.05, 0) is 37.6 Å². The van der Waals surface area contributed by atoms with Crippen LogP contribution in [0, 0.1) is 5.82 Å². The molecule has 5 nitrogen and oxygen atoms in total. The van der Waals surface area contributed by atoms with Gasteiger partial charge in [0.15, 0.2) is 11.6 Å². The van der Waals surface area contributed by atoms with Gasteiger partial charge in [-0.1, -0.05) is 6.07 Å². The fourth-order valence-corrected chi connectivity index (χ4v) is 1.76. The van der Waals surface area contributed by atoms with Crippen LogP contribution < -0.4 is 10.1 Å². The van der Waals surface area contributed by atoms with E-state index in [0.717, 1.165) is 0 Å². The van der Waals surface area contributed by atoms with Crippen LogP contribution in [0.3, 0.4) is 0 Å². The van der Waals surface area contributed by atoms with Gasteiger partial charge in [0.1, 0.15) is 0 Å². The van der Waals surface area contributed by atoms with E-state index in [2.05, 4.69) is 5.32 Å². The number of carboxylic acids is 1. The Hall–Kier alpha value is -2.37. The molecule has 0 aliphatic carbocycles. The van der Waals surface area contributed by atoms with Crippen molar-refractivity contribution in [2.24, 2.45) is 0 Å². The molecule has 0 aliphatic heterocycles. The van der Waals surface area contributed by atoms with E-state index in [4.69, 9.17) is 9.84 Å². The maximum atomic E-state index is 13.5. The molecule has 0 saturated heterocycles. The van der Waals surface area contributed by atoms with Crippen molar-refractivity contribution in [2.75, 3.05) is 7.11 Å². The minimum atomic E-state index is -0.999. The first kappa shape index (κ1) is 16.7. The minimum absolute atomic E-state index is 0.124. The number of carbonyl (C=O) groups is 2. The third-order valence-electron chi connectivity index (χ3n) is 2.66. The first-order chi connectivity index (χ1) is 9.73. The van der Waals surface area contributed by atoms with Crippen molar-refractivity contribution in [2.45, 2.75) is 25.8 Å². The highest BCUT2D eigenvalue weighted by Gasteiger charge is 2.22. The normalized spacial score (nSPS) is 11.4. The Morgan fingerprint density at radius 2 is 2.10 bits per heavy atom. The molecule has 0 fully saturated rings. The van der Waals surface area contributed by atoms with Gasteiger partial charge in [-0.3, -0.25) is 9.59 Å². The van der Waals surface area contributed by atoms with E-state index in [1.165, 1.54) is 31.4 Å². The van der Waals surface area contributed by atoms with Gasteiger partial charge >= 0.3 is 5.97 Å². The number of rotatable bonds is 6. The van der Waals surface area contributed by atoms with E-state index < -0.39 is 23.2 Å². The van der Waals surface area contributed by atoms with Gasteiger partial charge in [0.25, 0.3) is 0 Å². The quantitative estimate of drug-likeness (QED) is 0.789. The van der Waals surface area contributed by atoms with E-state index in [1.54, 1.807) is 19.9 Å². The summed E-state index contributed by atoms with van der Waals surface area (Å²) in [5.74, 6) is -1.84. The molecule has 0 heterocycles. The molecule has 0 aliphatic rings. The summed E-state index contributed by atoms with van der Waals surface area (Å²) in [4.78, 5) is 22.4. The van der Waals surface area contributed by atoms with Crippen molar-refractivity contribution in [3.63, 3.8) is 0 Å². The van der Waals surface area contributed by atoms with Crippen molar-refractivity contribution < 1.29 is 23.8 Å². The molecule has 1 rings (SSSR count). The molecule has 0 spiro atoms. The fraction of sp³-hybridized carbons (Fsp3) is 0.333. The van der Waals surface area contributed by atoms with Crippen molar-refractivity contribution >= 4 is 18.0 Å². The van der Waals surface area contributed by atoms with Gasteiger partial charge in [0, 0.05) is 11.6 Å². The average molecular weight is 295 g/mol. The molecule has 21 heavy (non-hydrogen) atoms. The smallest absolute Gasteiger partial charge is 0.305 e. The lowest BCUT2D eigenvalue weighted by molar-refractivity contribution is -0.138. The Morgan fingerprint density at radius 1 is 1.43 bits per heavy atom. The Kier molecular flexibility index (Phi) is 5.46. The van der Waals surface area contributed by atoms with Crippen molar-refractivity contribution in [1.29, 1.82) is 0 Å². The van der Waals surface area contributed by atoms with Crippen LogP contribution in [0.15, 0.2) is 24.3 Å². The van der Waals surface area contributed by atoms with Gasteiger partial charge in [-0.2, -0.15) is 0 Å². The number of aliphatic carboxylic acids is 1. The zero-order chi connectivity index (χ0) is 16.0. The first-order valence-corrected chi connectivity index (χ1v) is 6.29. The van der Waals surface area contributed by atoms with Crippen LogP contribution in [0.2, 0.25) is 0 Å². The van der Waals surface area contributed by atoms with Crippen LogP contribution in [-0.4, -0.2) is 29.6 Å². The predicted octanol–water partition coefficient (Wildman–Crippen LogP) is 2.22.